The van der Waals surface area contributed by atoms with Crippen LogP contribution in [0.4, 0.5) is 11.4 Å². The molecular formula is C18H18N2OS. The summed E-state index contributed by atoms with van der Waals surface area (Å²) in [7, 11) is 1.91. The highest BCUT2D eigenvalue weighted by Crippen LogP contribution is 2.28. The first-order valence-electron chi connectivity index (χ1n) is 6.86. The van der Waals surface area contributed by atoms with Crippen molar-refractivity contribution in [2.45, 2.75) is 0 Å². The lowest BCUT2D eigenvalue weighted by Crippen LogP contribution is -1.84. The van der Waals surface area contributed by atoms with Crippen molar-refractivity contribution in [3.63, 3.8) is 0 Å². The zero-order valence-corrected chi connectivity index (χ0v) is 13.1. The molecule has 0 aliphatic rings. The van der Waals surface area contributed by atoms with E-state index >= 15 is 0 Å². The summed E-state index contributed by atoms with van der Waals surface area (Å²) in [5, 5.41) is 3.03. The minimum atomic E-state index is 0.738. The smallest absolute Gasteiger partial charge is 0.160 e. The molecule has 112 valence electrons. The second kappa shape index (κ2) is 8.00. The molecule has 0 radical (unpaired) electrons. The maximum absolute atomic E-state index is 10.5. The molecule has 0 amide bonds. The van der Waals surface area contributed by atoms with Crippen molar-refractivity contribution < 1.29 is 4.79 Å². The zero-order chi connectivity index (χ0) is 15.8. The van der Waals surface area contributed by atoms with Gasteiger partial charge in [0.2, 0.25) is 0 Å². The normalized spacial score (nSPS) is 9.50. The molecule has 0 fully saturated rings. The van der Waals surface area contributed by atoms with Gasteiger partial charge in [0.25, 0.3) is 0 Å². The number of nitrogens with two attached hydrogens (primary N) is 1. The zero-order valence-electron chi connectivity index (χ0n) is 12.3. The molecular weight excluding hydrogens is 292 g/mol. The Morgan fingerprint density at radius 1 is 1.00 bits per heavy atom. The molecule has 3 aromatic rings. The van der Waals surface area contributed by atoms with Gasteiger partial charge in [-0.1, -0.05) is 30.3 Å². The van der Waals surface area contributed by atoms with Crippen LogP contribution in [0.25, 0.3) is 10.4 Å². The van der Waals surface area contributed by atoms with Crippen molar-refractivity contribution in [2.24, 2.45) is 0 Å². The molecule has 22 heavy (non-hydrogen) atoms. The van der Waals surface area contributed by atoms with Gasteiger partial charge >= 0.3 is 0 Å². The molecule has 3 nitrogen and oxygen atoms in total. The third-order valence-corrected chi connectivity index (χ3v) is 4.04. The molecule has 3 rings (SSSR count). The van der Waals surface area contributed by atoms with Gasteiger partial charge < -0.3 is 11.1 Å². The monoisotopic (exact) mass is 310 g/mol. The predicted molar refractivity (Wildman–Crippen MR) is 95.5 cm³/mol. The predicted octanol–water partition coefficient (Wildman–Crippen LogP) is 4.54. The van der Waals surface area contributed by atoms with Gasteiger partial charge in [0.1, 0.15) is 0 Å². The summed E-state index contributed by atoms with van der Waals surface area (Å²) in [6, 6.07) is 21.5. The number of hydrogen-bond acceptors (Lipinski definition) is 4. The van der Waals surface area contributed by atoms with E-state index in [1.165, 1.54) is 11.3 Å². The summed E-state index contributed by atoms with van der Waals surface area (Å²) in [6.07, 6.45) is 0.862. The molecule has 0 saturated heterocycles. The first-order chi connectivity index (χ1) is 10.7. The van der Waals surface area contributed by atoms with E-state index in [4.69, 9.17) is 5.73 Å². The summed E-state index contributed by atoms with van der Waals surface area (Å²) >= 11 is 1.47. The Kier molecular flexibility index (Phi) is 5.74. The summed E-state index contributed by atoms with van der Waals surface area (Å²) in [5.41, 5.74) is 8.63. The quantitative estimate of drug-likeness (QED) is 0.551. The van der Waals surface area contributed by atoms with E-state index in [9.17, 15) is 4.79 Å². The second-order valence-corrected chi connectivity index (χ2v) is 5.68. The van der Waals surface area contributed by atoms with Crippen molar-refractivity contribution in [1.29, 1.82) is 0 Å². The van der Waals surface area contributed by atoms with Crippen molar-refractivity contribution in [2.75, 3.05) is 18.1 Å². The summed E-state index contributed by atoms with van der Waals surface area (Å²) in [6.45, 7) is 0. The van der Waals surface area contributed by atoms with E-state index in [2.05, 4.69) is 5.32 Å². The van der Waals surface area contributed by atoms with Gasteiger partial charge in [-0.05, 0) is 42.0 Å². The molecule has 0 aliphatic carbocycles. The highest BCUT2D eigenvalue weighted by molar-refractivity contribution is 7.17. The molecule has 0 unspecified atom stereocenters. The maximum atomic E-state index is 10.5. The Balaban J connectivity index is 0.000000188. The van der Waals surface area contributed by atoms with Crippen LogP contribution in [0.3, 0.4) is 0 Å². The molecule has 1 aromatic heterocycles. The molecule has 4 heteroatoms. The third kappa shape index (κ3) is 4.46. The third-order valence-electron chi connectivity index (χ3n) is 2.98. The van der Waals surface area contributed by atoms with E-state index in [-0.39, 0.29) is 0 Å². The standard InChI is InChI=1S/C11H9NOS.C7H9N/c12-9-3-1-2-8(6-9)11-5-4-10(7-13)14-11;1-8-7-5-3-2-4-6-7/h1-7H,12H2;2-6,8H,1H3. The van der Waals surface area contributed by atoms with Crippen LogP contribution < -0.4 is 11.1 Å². The Labute approximate surface area is 134 Å². The SMILES string of the molecule is CNc1ccccc1.Nc1cccc(-c2ccc(C=O)s2)c1. The number of hydrogen-bond donors (Lipinski definition) is 2. The number of aldehydes is 1. The molecule has 0 spiro atoms. The first-order valence-corrected chi connectivity index (χ1v) is 7.68. The highest BCUT2D eigenvalue weighted by atomic mass is 32.1. The highest BCUT2D eigenvalue weighted by Gasteiger charge is 2.01. The van der Waals surface area contributed by atoms with E-state index in [0.717, 1.165) is 33.0 Å². The topological polar surface area (TPSA) is 55.1 Å². The number of para-hydroxylation sites is 1. The molecule has 0 atom stereocenters. The Morgan fingerprint density at radius 3 is 2.32 bits per heavy atom. The Hall–Kier alpha value is -2.59. The Bertz CT molecular complexity index is 723. The van der Waals surface area contributed by atoms with Gasteiger partial charge in [0.15, 0.2) is 6.29 Å². The van der Waals surface area contributed by atoms with Crippen LogP contribution in [0.15, 0.2) is 66.7 Å². The molecule has 2 aromatic carbocycles. The molecule has 0 aliphatic heterocycles. The van der Waals surface area contributed by atoms with E-state index < -0.39 is 0 Å². The first kappa shape index (κ1) is 15.8. The lowest BCUT2D eigenvalue weighted by atomic mass is 10.2. The van der Waals surface area contributed by atoms with Gasteiger partial charge in [-0.25, -0.2) is 0 Å². The molecule has 0 saturated carbocycles. The van der Waals surface area contributed by atoms with Crippen molar-refractivity contribution >= 4 is 29.0 Å². The molecule has 3 N–H and O–H groups in total. The summed E-state index contributed by atoms with van der Waals surface area (Å²) < 4.78 is 0. The van der Waals surface area contributed by atoms with E-state index in [1.807, 2.05) is 73.8 Å². The minimum Gasteiger partial charge on any atom is -0.399 e. The number of anilines is 2. The number of nitrogen functional groups attached to an aromatic ring is 1. The van der Waals surface area contributed by atoms with Crippen LogP contribution >= 0.6 is 11.3 Å². The average Bonchev–Trinajstić information content (AvgIpc) is 3.05. The van der Waals surface area contributed by atoms with Gasteiger partial charge in [-0.3, -0.25) is 4.79 Å². The van der Waals surface area contributed by atoms with Gasteiger partial charge in [-0.15, -0.1) is 11.3 Å². The molecule has 0 bridgehead atoms. The molecule has 1 heterocycles. The fraction of sp³-hybridized carbons (Fsp3) is 0.0556. The van der Waals surface area contributed by atoms with Crippen molar-refractivity contribution in [3.05, 3.63) is 71.6 Å². The fourth-order valence-corrected chi connectivity index (χ4v) is 2.69. The minimum absolute atomic E-state index is 0.738. The van der Waals surface area contributed by atoms with Crippen LogP contribution in [0.1, 0.15) is 9.67 Å². The number of benzene rings is 2. The van der Waals surface area contributed by atoms with Crippen molar-refractivity contribution in [3.8, 4) is 10.4 Å². The Morgan fingerprint density at radius 2 is 1.77 bits per heavy atom. The van der Waals surface area contributed by atoms with Crippen molar-refractivity contribution in [1.82, 2.24) is 0 Å². The number of nitrogens with one attached hydrogen (secondary N) is 1. The lowest BCUT2D eigenvalue weighted by molar-refractivity contribution is 0.112. The van der Waals surface area contributed by atoms with E-state index in [0.29, 0.717) is 0 Å². The number of thiophene rings is 1. The average molecular weight is 310 g/mol. The van der Waals surface area contributed by atoms with Gasteiger partial charge in [0, 0.05) is 23.3 Å². The van der Waals surface area contributed by atoms with Gasteiger partial charge in [0.05, 0.1) is 4.88 Å². The summed E-state index contributed by atoms with van der Waals surface area (Å²) in [5.74, 6) is 0. The van der Waals surface area contributed by atoms with Crippen LogP contribution in [-0.2, 0) is 0 Å². The number of carbonyl (C=O) groups is 1. The van der Waals surface area contributed by atoms with E-state index in [1.54, 1.807) is 0 Å². The van der Waals surface area contributed by atoms with Crippen LogP contribution in [0, 0.1) is 0 Å². The van der Waals surface area contributed by atoms with Crippen LogP contribution in [0.2, 0.25) is 0 Å². The maximum Gasteiger partial charge on any atom is 0.160 e. The number of carbonyl (C=O) groups excluding carboxylic acids is 1. The van der Waals surface area contributed by atoms with Crippen LogP contribution in [0.5, 0.6) is 0 Å². The fourth-order valence-electron chi connectivity index (χ4n) is 1.87. The van der Waals surface area contributed by atoms with Crippen LogP contribution in [-0.4, -0.2) is 13.3 Å². The summed E-state index contributed by atoms with van der Waals surface area (Å²) in [4.78, 5) is 12.3. The lowest BCUT2D eigenvalue weighted by Gasteiger charge is -1.97. The second-order valence-electron chi connectivity index (χ2n) is 4.56. The van der Waals surface area contributed by atoms with Gasteiger partial charge in [-0.2, -0.15) is 0 Å². The largest absolute Gasteiger partial charge is 0.399 e. The number of rotatable bonds is 3.